The maximum Gasteiger partial charge on any atom is 0.309 e. The molecule has 16 heavy (non-hydrogen) atoms. The number of aromatic nitrogens is 1. The molecule has 1 rings (SSSR count). The predicted octanol–water partition coefficient (Wildman–Crippen LogP) is 1.22. The molecule has 0 unspecified atom stereocenters. The Hall–Kier alpha value is -2.17. The Morgan fingerprint density at radius 2 is 2.25 bits per heavy atom. The van der Waals surface area contributed by atoms with Crippen molar-refractivity contribution >= 4 is 17.6 Å². The average Bonchev–Trinajstić information content (AvgIpc) is 2.20. The molecule has 0 aliphatic heterocycles. The third-order valence-electron chi connectivity index (χ3n) is 1.77. The zero-order chi connectivity index (χ0) is 12.0. The highest BCUT2D eigenvalue weighted by Gasteiger charge is 2.03. The highest BCUT2D eigenvalue weighted by molar-refractivity contribution is 5.91. The van der Waals surface area contributed by atoms with E-state index < -0.39 is 5.97 Å². The first-order valence-electron chi connectivity index (χ1n) is 4.69. The molecule has 0 aliphatic carbocycles. The fourth-order valence-corrected chi connectivity index (χ4v) is 1.10. The van der Waals surface area contributed by atoms with Gasteiger partial charge in [-0.3, -0.25) is 14.6 Å². The summed E-state index contributed by atoms with van der Waals surface area (Å²) in [4.78, 5) is 25.5. The summed E-state index contributed by atoms with van der Waals surface area (Å²) in [6.45, 7) is 3.45. The summed E-state index contributed by atoms with van der Waals surface area (Å²) in [5, 5.41) is 11.1. The van der Waals surface area contributed by atoms with E-state index in [2.05, 4.69) is 16.9 Å². The molecular formula is C11H12N2O3. The minimum absolute atomic E-state index is 0.124. The van der Waals surface area contributed by atoms with Gasteiger partial charge < -0.3 is 10.4 Å². The van der Waals surface area contributed by atoms with Crippen molar-refractivity contribution in [3.8, 4) is 0 Å². The number of hydrogen-bond donors (Lipinski definition) is 2. The normalized spacial score (nSPS) is 9.50. The van der Waals surface area contributed by atoms with Crippen molar-refractivity contribution in [2.24, 2.45) is 0 Å². The number of carbonyl (C=O) groups excluding carboxylic acids is 1. The molecule has 0 spiro atoms. The number of aliphatic carboxylic acids is 1. The van der Waals surface area contributed by atoms with E-state index in [1.54, 1.807) is 12.1 Å². The van der Waals surface area contributed by atoms with E-state index in [0.717, 1.165) is 0 Å². The number of nitrogens with zero attached hydrogens (tertiary/aromatic N) is 1. The summed E-state index contributed by atoms with van der Waals surface area (Å²) in [6, 6.07) is 3.18. The van der Waals surface area contributed by atoms with E-state index in [-0.39, 0.29) is 18.7 Å². The lowest BCUT2D eigenvalue weighted by Gasteiger charge is -2.03. The summed E-state index contributed by atoms with van der Waals surface area (Å²) < 4.78 is 0. The summed E-state index contributed by atoms with van der Waals surface area (Å²) in [6.07, 6.45) is 3.04. The molecule has 1 aromatic heterocycles. The zero-order valence-corrected chi connectivity index (χ0v) is 8.64. The van der Waals surface area contributed by atoms with Crippen molar-refractivity contribution in [3.05, 3.63) is 36.7 Å². The van der Waals surface area contributed by atoms with Crippen LogP contribution in [-0.2, 0) is 16.0 Å². The summed E-state index contributed by atoms with van der Waals surface area (Å²) in [7, 11) is 0. The minimum atomic E-state index is -0.934. The molecule has 2 N–H and O–H groups in total. The van der Waals surface area contributed by atoms with E-state index >= 15 is 0 Å². The number of nitrogens with one attached hydrogen (secondary N) is 1. The molecule has 0 saturated carbocycles. The van der Waals surface area contributed by atoms with Gasteiger partial charge in [0.25, 0.3) is 0 Å². The predicted molar refractivity (Wildman–Crippen MR) is 59.0 cm³/mol. The fraction of sp³-hybridized carbons (Fsp3) is 0.182. The van der Waals surface area contributed by atoms with E-state index in [0.29, 0.717) is 11.4 Å². The van der Waals surface area contributed by atoms with Gasteiger partial charge >= 0.3 is 5.97 Å². The van der Waals surface area contributed by atoms with Gasteiger partial charge in [-0.2, -0.15) is 0 Å². The van der Waals surface area contributed by atoms with Crippen LogP contribution in [0.5, 0.6) is 0 Å². The largest absolute Gasteiger partial charge is 0.481 e. The molecule has 1 heterocycles. The lowest BCUT2D eigenvalue weighted by Crippen LogP contribution is -2.10. The minimum Gasteiger partial charge on any atom is -0.481 e. The van der Waals surface area contributed by atoms with Crippen molar-refractivity contribution in [2.75, 3.05) is 5.32 Å². The van der Waals surface area contributed by atoms with Gasteiger partial charge in [0.2, 0.25) is 5.91 Å². The van der Waals surface area contributed by atoms with Crippen LogP contribution < -0.4 is 5.32 Å². The third-order valence-corrected chi connectivity index (χ3v) is 1.77. The first-order chi connectivity index (χ1) is 7.61. The fourth-order valence-electron chi connectivity index (χ4n) is 1.10. The van der Waals surface area contributed by atoms with Gasteiger partial charge in [0.05, 0.1) is 24.0 Å². The van der Waals surface area contributed by atoms with Gasteiger partial charge in [0, 0.05) is 6.42 Å². The smallest absolute Gasteiger partial charge is 0.309 e. The molecule has 0 bridgehead atoms. The van der Waals surface area contributed by atoms with Crippen LogP contribution in [0.15, 0.2) is 31.0 Å². The number of pyridine rings is 1. The van der Waals surface area contributed by atoms with Gasteiger partial charge in [0.15, 0.2) is 0 Å². The van der Waals surface area contributed by atoms with E-state index in [4.69, 9.17) is 5.11 Å². The molecule has 0 fully saturated rings. The van der Waals surface area contributed by atoms with Crippen LogP contribution in [0.4, 0.5) is 5.69 Å². The van der Waals surface area contributed by atoms with E-state index in [1.165, 1.54) is 12.3 Å². The Kier molecular flexibility index (Phi) is 4.20. The van der Waals surface area contributed by atoms with Crippen molar-refractivity contribution in [2.45, 2.75) is 12.8 Å². The van der Waals surface area contributed by atoms with Crippen LogP contribution in [0, 0.1) is 0 Å². The highest BCUT2D eigenvalue weighted by atomic mass is 16.4. The second-order valence-corrected chi connectivity index (χ2v) is 3.15. The quantitative estimate of drug-likeness (QED) is 0.731. The van der Waals surface area contributed by atoms with Crippen LogP contribution >= 0.6 is 0 Å². The number of rotatable bonds is 5. The standard InChI is InChI=1S/C11H12N2O3/c1-2-3-10(14)13-9-5-4-8(12-7-9)6-11(15)16/h2,4-5,7H,1,3,6H2,(H,13,14)(H,15,16). The number of carboxylic acids is 1. The molecule has 0 atom stereocenters. The number of carbonyl (C=O) groups is 2. The monoisotopic (exact) mass is 220 g/mol. The lowest BCUT2D eigenvalue weighted by atomic mass is 10.2. The van der Waals surface area contributed by atoms with Gasteiger partial charge in [-0.1, -0.05) is 6.08 Å². The maximum atomic E-state index is 11.2. The van der Waals surface area contributed by atoms with Crippen LogP contribution in [0.3, 0.4) is 0 Å². The second-order valence-electron chi connectivity index (χ2n) is 3.15. The summed E-state index contributed by atoms with van der Waals surface area (Å²) in [5.41, 5.74) is 0.996. The molecule has 0 radical (unpaired) electrons. The summed E-state index contributed by atoms with van der Waals surface area (Å²) >= 11 is 0. The summed E-state index contributed by atoms with van der Waals surface area (Å²) in [5.74, 6) is -1.11. The number of hydrogen-bond acceptors (Lipinski definition) is 3. The number of amides is 1. The van der Waals surface area contributed by atoms with Crippen LogP contribution in [0.25, 0.3) is 0 Å². The number of carboxylic acid groups (broad SMARTS) is 1. The molecule has 0 aromatic carbocycles. The SMILES string of the molecule is C=CCC(=O)Nc1ccc(CC(=O)O)nc1. The Morgan fingerprint density at radius 1 is 1.50 bits per heavy atom. The molecule has 5 heteroatoms. The average molecular weight is 220 g/mol. The molecule has 5 nitrogen and oxygen atoms in total. The topological polar surface area (TPSA) is 79.3 Å². The van der Waals surface area contributed by atoms with Gasteiger partial charge in [-0.25, -0.2) is 0 Å². The Morgan fingerprint density at radius 3 is 2.75 bits per heavy atom. The zero-order valence-electron chi connectivity index (χ0n) is 8.64. The van der Waals surface area contributed by atoms with Crippen molar-refractivity contribution in [1.82, 2.24) is 4.98 Å². The van der Waals surface area contributed by atoms with Crippen LogP contribution in [-0.4, -0.2) is 22.0 Å². The Balaban J connectivity index is 2.60. The molecule has 84 valence electrons. The Bertz CT molecular complexity index is 398. The third kappa shape index (κ3) is 3.91. The van der Waals surface area contributed by atoms with Crippen molar-refractivity contribution in [1.29, 1.82) is 0 Å². The van der Waals surface area contributed by atoms with Gasteiger partial charge in [0.1, 0.15) is 0 Å². The van der Waals surface area contributed by atoms with Gasteiger partial charge in [-0.05, 0) is 12.1 Å². The molecule has 0 aliphatic rings. The van der Waals surface area contributed by atoms with Crippen LogP contribution in [0.2, 0.25) is 0 Å². The second kappa shape index (κ2) is 5.65. The van der Waals surface area contributed by atoms with E-state index in [9.17, 15) is 9.59 Å². The van der Waals surface area contributed by atoms with Gasteiger partial charge in [-0.15, -0.1) is 6.58 Å². The van der Waals surface area contributed by atoms with E-state index in [1.807, 2.05) is 0 Å². The highest BCUT2D eigenvalue weighted by Crippen LogP contribution is 2.07. The number of anilines is 1. The molecular weight excluding hydrogens is 208 g/mol. The Labute approximate surface area is 92.8 Å². The maximum absolute atomic E-state index is 11.2. The molecule has 1 aromatic rings. The lowest BCUT2D eigenvalue weighted by molar-refractivity contribution is -0.136. The first-order valence-corrected chi connectivity index (χ1v) is 4.69. The van der Waals surface area contributed by atoms with Crippen molar-refractivity contribution < 1.29 is 14.7 Å². The first kappa shape index (κ1) is 11.9. The molecule has 0 saturated heterocycles. The van der Waals surface area contributed by atoms with Crippen LogP contribution in [0.1, 0.15) is 12.1 Å². The van der Waals surface area contributed by atoms with Crippen molar-refractivity contribution in [3.63, 3.8) is 0 Å². The molecule has 1 amide bonds.